The highest BCUT2D eigenvalue weighted by molar-refractivity contribution is 6.34. The van der Waals surface area contributed by atoms with Gasteiger partial charge in [-0.25, -0.2) is 0 Å². The Labute approximate surface area is 107 Å². The van der Waals surface area contributed by atoms with Gasteiger partial charge in [0.15, 0.2) is 0 Å². The second-order valence-electron chi connectivity index (χ2n) is 3.86. The molecule has 2 nitrogen and oxygen atoms in total. The van der Waals surface area contributed by atoms with Crippen LogP contribution in [-0.4, -0.2) is 12.0 Å². The molecule has 0 aliphatic carbocycles. The SMILES string of the molecule is CCCCCC(NC)c1ncc(Cl)cc1Cl. The molecule has 0 saturated heterocycles. The van der Waals surface area contributed by atoms with Crippen molar-refractivity contribution in [3.8, 4) is 0 Å². The molecule has 0 fully saturated rings. The number of nitrogens with one attached hydrogen (secondary N) is 1. The minimum Gasteiger partial charge on any atom is -0.312 e. The molecule has 0 saturated carbocycles. The monoisotopic (exact) mass is 260 g/mol. The van der Waals surface area contributed by atoms with Crippen molar-refractivity contribution in [3.05, 3.63) is 28.0 Å². The van der Waals surface area contributed by atoms with Crippen molar-refractivity contribution in [1.29, 1.82) is 0 Å². The molecular weight excluding hydrogens is 243 g/mol. The Balaban J connectivity index is 2.70. The summed E-state index contributed by atoms with van der Waals surface area (Å²) in [6.45, 7) is 2.20. The van der Waals surface area contributed by atoms with Crippen molar-refractivity contribution in [3.63, 3.8) is 0 Å². The van der Waals surface area contributed by atoms with E-state index in [-0.39, 0.29) is 6.04 Å². The summed E-state index contributed by atoms with van der Waals surface area (Å²) in [6.07, 6.45) is 6.34. The number of halogens is 2. The highest BCUT2D eigenvalue weighted by Gasteiger charge is 2.14. The molecule has 0 aliphatic rings. The van der Waals surface area contributed by atoms with Crippen molar-refractivity contribution in [1.82, 2.24) is 10.3 Å². The van der Waals surface area contributed by atoms with Crippen molar-refractivity contribution in [2.75, 3.05) is 7.05 Å². The van der Waals surface area contributed by atoms with Crippen LogP contribution in [0.4, 0.5) is 0 Å². The average Bonchev–Trinajstić information content (AvgIpc) is 2.26. The summed E-state index contributed by atoms with van der Waals surface area (Å²) < 4.78 is 0. The molecule has 0 aliphatic heterocycles. The van der Waals surface area contributed by atoms with Gasteiger partial charge in [0.25, 0.3) is 0 Å². The maximum atomic E-state index is 6.13. The van der Waals surface area contributed by atoms with Crippen molar-refractivity contribution in [2.45, 2.75) is 38.6 Å². The van der Waals surface area contributed by atoms with Crippen LogP contribution in [0.25, 0.3) is 0 Å². The lowest BCUT2D eigenvalue weighted by molar-refractivity contribution is 0.502. The van der Waals surface area contributed by atoms with E-state index in [0.29, 0.717) is 10.0 Å². The second kappa shape index (κ2) is 7.10. The molecule has 1 N–H and O–H groups in total. The van der Waals surface area contributed by atoms with Gasteiger partial charge in [-0.3, -0.25) is 4.98 Å². The molecule has 0 amide bonds. The molecule has 1 aromatic heterocycles. The van der Waals surface area contributed by atoms with E-state index in [1.54, 1.807) is 12.3 Å². The largest absolute Gasteiger partial charge is 0.312 e. The molecule has 0 aromatic carbocycles. The van der Waals surface area contributed by atoms with Gasteiger partial charge >= 0.3 is 0 Å². The summed E-state index contributed by atoms with van der Waals surface area (Å²) in [5.74, 6) is 0. The van der Waals surface area contributed by atoms with E-state index in [4.69, 9.17) is 23.2 Å². The van der Waals surface area contributed by atoms with Crippen molar-refractivity contribution >= 4 is 23.2 Å². The second-order valence-corrected chi connectivity index (χ2v) is 4.70. The number of pyridine rings is 1. The number of rotatable bonds is 6. The van der Waals surface area contributed by atoms with E-state index in [2.05, 4.69) is 17.2 Å². The molecular formula is C12H18Cl2N2. The summed E-state index contributed by atoms with van der Waals surface area (Å²) >= 11 is 12.0. The van der Waals surface area contributed by atoms with Crippen LogP contribution in [-0.2, 0) is 0 Å². The van der Waals surface area contributed by atoms with Crippen molar-refractivity contribution < 1.29 is 0 Å². The molecule has 0 radical (unpaired) electrons. The van der Waals surface area contributed by atoms with Crippen LogP contribution < -0.4 is 5.32 Å². The topological polar surface area (TPSA) is 24.9 Å². The fraction of sp³-hybridized carbons (Fsp3) is 0.583. The standard InChI is InChI=1S/C12H18Cl2N2/c1-3-4-5-6-11(15-2)12-10(14)7-9(13)8-16-12/h7-8,11,15H,3-6H2,1-2H3. The lowest BCUT2D eigenvalue weighted by Gasteiger charge is -2.16. The average molecular weight is 261 g/mol. The Morgan fingerprint density at radius 3 is 2.69 bits per heavy atom. The van der Waals surface area contributed by atoms with E-state index in [1.165, 1.54) is 19.3 Å². The summed E-state index contributed by atoms with van der Waals surface area (Å²) in [7, 11) is 1.93. The Morgan fingerprint density at radius 2 is 2.12 bits per heavy atom. The van der Waals surface area contributed by atoms with Gasteiger partial charge in [0.2, 0.25) is 0 Å². The first-order chi connectivity index (χ1) is 7.69. The third-order valence-corrected chi connectivity index (χ3v) is 3.12. The van der Waals surface area contributed by atoms with E-state index >= 15 is 0 Å². The predicted molar refractivity (Wildman–Crippen MR) is 70.2 cm³/mol. The number of hydrogen-bond acceptors (Lipinski definition) is 2. The first kappa shape index (κ1) is 13.8. The molecule has 16 heavy (non-hydrogen) atoms. The van der Waals surface area contributed by atoms with Crippen LogP contribution in [0.3, 0.4) is 0 Å². The van der Waals surface area contributed by atoms with Crippen LogP contribution in [0.15, 0.2) is 12.3 Å². The smallest absolute Gasteiger partial charge is 0.0760 e. The lowest BCUT2D eigenvalue weighted by Crippen LogP contribution is -2.18. The number of unbranched alkanes of at least 4 members (excludes halogenated alkanes) is 2. The van der Waals surface area contributed by atoms with Gasteiger partial charge in [-0.1, -0.05) is 49.4 Å². The molecule has 1 aromatic rings. The quantitative estimate of drug-likeness (QED) is 0.775. The Morgan fingerprint density at radius 1 is 1.38 bits per heavy atom. The fourth-order valence-corrected chi connectivity index (χ4v) is 2.21. The first-order valence-electron chi connectivity index (χ1n) is 5.67. The number of nitrogens with zero attached hydrogens (tertiary/aromatic N) is 1. The van der Waals surface area contributed by atoms with E-state index in [9.17, 15) is 0 Å². The molecule has 0 bridgehead atoms. The van der Waals surface area contributed by atoms with Gasteiger partial charge in [-0.2, -0.15) is 0 Å². The molecule has 1 heterocycles. The van der Waals surface area contributed by atoms with Gasteiger partial charge < -0.3 is 5.32 Å². The highest BCUT2D eigenvalue weighted by atomic mass is 35.5. The molecule has 90 valence electrons. The zero-order valence-corrected chi connectivity index (χ0v) is 11.3. The maximum absolute atomic E-state index is 6.13. The Hall–Kier alpha value is -0.310. The lowest BCUT2D eigenvalue weighted by atomic mass is 10.1. The van der Waals surface area contributed by atoms with Gasteiger partial charge in [0.05, 0.1) is 21.8 Å². The van der Waals surface area contributed by atoms with Crippen LogP contribution in [0, 0.1) is 0 Å². The number of aromatic nitrogens is 1. The summed E-state index contributed by atoms with van der Waals surface area (Å²) in [5, 5.41) is 4.47. The highest BCUT2D eigenvalue weighted by Crippen LogP contribution is 2.26. The minimum absolute atomic E-state index is 0.219. The zero-order valence-electron chi connectivity index (χ0n) is 9.76. The van der Waals surface area contributed by atoms with Gasteiger partial charge in [0.1, 0.15) is 0 Å². The first-order valence-corrected chi connectivity index (χ1v) is 6.42. The minimum atomic E-state index is 0.219. The molecule has 4 heteroatoms. The van der Waals surface area contributed by atoms with E-state index in [1.807, 2.05) is 7.05 Å². The van der Waals surface area contributed by atoms with Gasteiger partial charge in [-0.05, 0) is 19.5 Å². The molecule has 0 spiro atoms. The Bertz CT molecular complexity index is 329. The summed E-state index contributed by atoms with van der Waals surface area (Å²) in [6, 6.07) is 1.96. The Kier molecular flexibility index (Phi) is 6.10. The molecule has 1 unspecified atom stereocenters. The van der Waals surface area contributed by atoms with Crippen LogP contribution >= 0.6 is 23.2 Å². The van der Waals surface area contributed by atoms with E-state index < -0.39 is 0 Å². The predicted octanol–water partition coefficient (Wildman–Crippen LogP) is 4.23. The van der Waals surface area contributed by atoms with Gasteiger partial charge in [0, 0.05) is 6.20 Å². The zero-order chi connectivity index (χ0) is 12.0. The van der Waals surface area contributed by atoms with Crippen LogP contribution in [0.5, 0.6) is 0 Å². The van der Waals surface area contributed by atoms with Crippen LogP contribution in [0.1, 0.15) is 44.3 Å². The molecule has 1 atom stereocenters. The van der Waals surface area contributed by atoms with E-state index in [0.717, 1.165) is 12.1 Å². The van der Waals surface area contributed by atoms with Gasteiger partial charge in [-0.15, -0.1) is 0 Å². The molecule has 1 rings (SSSR count). The van der Waals surface area contributed by atoms with Crippen LogP contribution in [0.2, 0.25) is 10.0 Å². The number of hydrogen-bond donors (Lipinski definition) is 1. The third-order valence-electron chi connectivity index (χ3n) is 2.61. The van der Waals surface area contributed by atoms with Crippen molar-refractivity contribution in [2.24, 2.45) is 0 Å². The summed E-state index contributed by atoms with van der Waals surface area (Å²) in [5.41, 5.74) is 0.893. The fourth-order valence-electron chi connectivity index (χ4n) is 1.70. The third kappa shape index (κ3) is 3.93. The summed E-state index contributed by atoms with van der Waals surface area (Å²) in [4.78, 5) is 4.30. The maximum Gasteiger partial charge on any atom is 0.0760 e. The normalized spacial score (nSPS) is 12.8.